The SMILES string of the molecule is Cc1ccc(C)c(S(=O)(=O)Nc2ccc(Nc3ccccc3F)nc2)c1. The van der Waals surface area contributed by atoms with Gasteiger partial charge in [-0.3, -0.25) is 4.72 Å². The first kappa shape index (κ1) is 17.9. The van der Waals surface area contributed by atoms with Crippen LogP contribution in [-0.2, 0) is 10.0 Å². The Morgan fingerprint density at radius 1 is 1.00 bits per heavy atom. The smallest absolute Gasteiger partial charge is 0.262 e. The van der Waals surface area contributed by atoms with Crippen LogP contribution in [-0.4, -0.2) is 13.4 Å². The van der Waals surface area contributed by atoms with Crippen LogP contribution in [0.4, 0.5) is 21.6 Å². The first-order valence-electron chi connectivity index (χ1n) is 7.93. The number of aryl methyl sites for hydroxylation is 2. The average Bonchev–Trinajstić information content (AvgIpc) is 2.60. The highest BCUT2D eigenvalue weighted by atomic mass is 32.2. The third-order valence-corrected chi connectivity index (χ3v) is 5.31. The van der Waals surface area contributed by atoms with Crippen LogP contribution >= 0.6 is 0 Å². The van der Waals surface area contributed by atoms with Crippen LogP contribution in [0.5, 0.6) is 0 Å². The second-order valence-electron chi connectivity index (χ2n) is 5.91. The summed E-state index contributed by atoms with van der Waals surface area (Å²) in [6.07, 6.45) is 1.38. The van der Waals surface area contributed by atoms with Gasteiger partial charge in [-0.2, -0.15) is 0 Å². The molecule has 0 aliphatic rings. The minimum absolute atomic E-state index is 0.228. The van der Waals surface area contributed by atoms with Gasteiger partial charge in [0.2, 0.25) is 0 Å². The number of hydrogen-bond acceptors (Lipinski definition) is 4. The van der Waals surface area contributed by atoms with Gasteiger partial charge in [0.25, 0.3) is 10.0 Å². The number of sulfonamides is 1. The van der Waals surface area contributed by atoms with Gasteiger partial charge in [-0.15, -0.1) is 0 Å². The Kier molecular flexibility index (Phi) is 4.90. The summed E-state index contributed by atoms with van der Waals surface area (Å²) in [4.78, 5) is 4.36. The summed E-state index contributed by atoms with van der Waals surface area (Å²) in [5.74, 6) is 0.0128. The predicted molar refractivity (Wildman–Crippen MR) is 101 cm³/mol. The van der Waals surface area contributed by atoms with Crippen molar-refractivity contribution in [1.82, 2.24) is 4.98 Å². The molecule has 134 valence electrons. The Morgan fingerprint density at radius 2 is 1.77 bits per heavy atom. The van der Waals surface area contributed by atoms with Gasteiger partial charge in [0, 0.05) is 0 Å². The second-order valence-corrected chi connectivity index (χ2v) is 7.56. The second kappa shape index (κ2) is 7.13. The van der Waals surface area contributed by atoms with Crippen LogP contribution in [0.1, 0.15) is 11.1 Å². The van der Waals surface area contributed by atoms with Crippen LogP contribution in [0.3, 0.4) is 0 Å². The van der Waals surface area contributed by atoms with E-state index in [4.69, 9.17) is 0 Å². The Labute approximate surface area is 152 Å². The van der Waals surface area contributed by atoms with Crippen molar-refractivity contribution < 1.29 is 12.8 Å². The number of pyridine rings is 1. The zero-order valence-corrected chi connectivity index (χ0v) is 15.1. The van der Waals surface area contributed by atoms with E-state index >= 15 is 0 Å². The van der Waals surface area contributed by atoms with Gasteiger partial charge in [-0.05, 0) is 55.3 Å². The van der Waals surface area contributed by atoms with Crippen molar-refractivity contribution in [3.8, 4) is 0 Å². The molecular weight excluding hydrogens is 353 g/mol. The number of halogens is 1. The number of benzene rings is 2. The van der Waals surface area contributed by atoms with E-state index in [1.54, 1.807) is 49.4 Å². The number of hydrogen-bond donors (Lipinski definition) is 2. The molecule has 0 spiro atoms. The molecule has 0 saturated carbocycles. The maximum atomic E-state index is 13.7. The van der Waals surface area contributed by atoms with E-state index in [-0.39, 0.29) is 4.90 Å². The maximum Gasteiger partial charge on any atom is 0.262 e. The van der Waals surface area contributed by atoms with E-state index in [1.807, 2.05) is 13.0 Å². The molecule has 3 rings (SSSR count). The summed E-state index contributed by atoms with van der Waals surface area (Å²) in [5, 5.41) is 2.85. The third-order valence-electron chi connectivity index (χ3n) is 3.79. The molecule has 0 radical (unpaired) electrons. The fourth-order valence-corrected chi connectivity index (χ4v) is 3.81. The zero-order chi connectivity index (χ0) is 18.7. The first-order valence-corrected chi connectivity index (χ1v) is 9.41. The van der Waals surface area contributed by atoms with Crippen molar-refractivity contribution in [3.63, 3.8) is 0 Å². The van der Waals surface area contributed by atoms with Gasteiger partial charge in [-0.25, -0.2) is 17.8 Å². The quantitative estimate of drug-likeness (QED) is 0.698. The number of rotatable bonds is 5. The fourth-order valence-electron chi connectivity index (χ4n) is 2.44. The molecular formula is C19H18FN3O2S. The Morgan fingerprint density at radius 3 is 2.46 bits per heavy atom. The van der Waals surface area contributed by atoms with Crippen LogP contribution in [0.25, 0.3) is 0 Å². The van der Waals surface area contributed by atoms with E-state index in [9.17, 15) is 12.8 Å². The molecule has 0 saturated heterocycles. The predicted octanol–water partition coefficient (Wildman–Crippen LogP) is 4.38. The molecule has 2 aromatic carbocycles. The van der Waals surface area contributed by atoms with Crippen molar-refractivity contribution >= 4 is 27.2 Å². The zero-order valence-electron chi connectivity index (χ0n) is 14.3. The number of para-hydroxylation sites is 1. The van der Waals surface area contributed by atoms with Crippen molar-refractivity contribution in [2.45, 2.75) is 18.7 Å². The number of nitrogens with one attached hydrogen (secondary N) is 2. The molecule has 3 aromatic rings. The summed E-state index contributed by atoms with van der Waals surface area (Å²) in [6.45, 7) is 3.58. The van der Waals surface area contributed by atoms with E-state index in [2.05, 4.69) is 15.0 Å². The maximum absolute atomic E-state index is 13.7. The third kappa shape index (κ3) is 4.00. The van der Waals surface area contributed by atoms with Crippen molar-refractivity contribution in [2.75, 3.05) is 10.0 Å². The Hall–Kier alpha value is -2.93. The van der Waals surface area contributed by atoms with Gasteiger partial charge < -0.3 is 5.32 Å². The molecule has 0 unspecified atom stereocenters. The summed E-state index contributed by atoms with van der Waals surface area (Å²) >= 11 is 0. The van der Waals surface area contributed by atoms with Crippen molar-refractivity contribution in [3.05, 3.63) is 77.7 Å². The molecule has 0 fully saturated rings. The molecule has 2 N–H and O–H groups in total. The van der Waals surface area contributed by atoms with E-state index in [0.29, 0.717) is 22.8 Å². The van der Waals surface area contributed by atoms with Crippen LogP contribution in [0.2, 0.25) is 0 Å². The minimum atomic E-state index is -3.72. The lowest BCUT2D eigenvalue weighted by Gasteiger charge is -2.12. The highest BCUT2D eigenvalue weighted by Gasteiger charge is 2.17. The van der Waals surface area contributed by atoms with E-state index in [1.165, 1.54) is 12.3 Å². The molecule has 0 atom stereocenters. The highest BCUT2D eigenvalue weighted by molar-refractivity contribution is 7.92. The highest BCUT2D eigenvalue weighted by Crippen LogP contribution is 2.22. The van der Waals surface area contributed by atoms with E-state index < -0.39 is 15.8 Å². The van der Waals surface area contributed by atoms with Gasteiger partial charge in [0.15, 0.2) is 0 Å². The van der Waals surface area contributed by atoms with Crippen molar-refractivity contribution in [2.24, 2.45) is 0 Å². The molecule has 1 heterocycles. The largest absolute Gasteiger partial charge is 0.338 e. The van der Waals surface area contributed by atoms with Gasteiger partial charge in [0.05, 0.1) is 22.5 Å². The summed E-state index contributed by atoms with van der Waals surface area (Å²) in [6, 6.07) is 14.6. The number of nitrogens with zero attached hydrogens (tertiary/aromatic N) is 1. The topological polar surface area (TPSA) is 71.1 Å². The van der Waals surface area contributed by atoms with Gasteiger partial charge in [0.1, 0.15) is 11.6 Å². The van der Waals surface area contributed by atoms with Crippen LogP contribution < -0.4 is 10.0 Å². The van der Waals surface area contributed by atoms with Gasteiger partial charge in [-0.1, -0.05) is 24.3 Å². The van der Waals surface area contributed by atoms with Crippen molar-refractivity contribution in [1.29, 1.82) is 0 Å². The van der Waals surface area contributed by atoms with Gasteiger partial charge >= 0.3 is 0 Å². The van der Waals surface area contributed by atoms with E-state index in [0.717, 1.165) is 5.56 Å². The first-order chi connectivity index (χ1) is 12.3. The lowest BCUT2D eigenvalue weighted by atomic mass is 10.2. The number of anilines is 3. The Balaban J connectivity index is 1.79. The summed E-state index contributed by atoms with van der Waals surface area (Å²) < 4.78 is 41.3. The standard InChI is InChI=1S/C19H18FN3O2S/c1-13-7-8-14(2)18(11-13)26(24,25)23-15-9-10-19(21-12-15)22-17-6-4-3-5-16(17)20/h3-12,23H,1-2H3,(H,21,22). The molecule has 1 aromatic heterocycles. The number of aromatic nitrogens is 1. The molecule has 5 nitrogen and oxygen atoms in total. The lowest BCUT2D eigenvalue weighted by molar-refractivity contribution is 0.600. The fraction of sp³-hybridized carbons (Fsp3) is 0.105. The van der Waals surface area contributed by atoms with Crippen LogP contribution in [0.15, 0.2) is 65.7 Å². The molecule has 0 aliphatic heterocycles. The Bertz CT molecular complexity index is 1030. The minimum Gasteiger partial charge on any atom is -0.338 e. The lowest BCUT2D eigenvalue weighted by Crippen LogP contribution is -2.14. The van der Waals surface area contributed by atoms with Crippen LogP contribution in [0, 0.1) is 19.7 Å². The molecule has 0 bridgehead atoms. The molecule has 7 heteroatoms. The molecule has 0 amide bonds. The monoisotopic (exact) mass is 371 g/mol. The normalized spacial score (nSPS) is 11.2. The average molecular weight is 371 g/mol. The molecule has 26 heavy (non-hydrogen) atoms. The molecule has 0 aliphatic carbocycles. The summed E-state index contributed by atoms with van der Waals surface area (Å²) in [7, 11) is -3.72. The summed E-state index contributed by atoms with van der Waals surface area (Å²) in [5.41, 5.74) is 2.14.